The Bertz CT molecular complexity index is 749. The van der Waals surface area contributed by atoms with Crippen molar-refractivity contribution in [1.82, 2.24) is 15.2 Å². The van der Waals surface area contributed by atoms with Crippen LogP contribution in [-0.2, 0) is 11.4 Å². The predicted octanol–water partition coefficient (Wildman–Crippen LogP) is 3.24. The summed E-state index contributed by atoms with van der Waals surface area (Å²) in [6.07, 6.45) is 4.61. The fraction of sp³-hybridized carbons (Fsp3) is 0.450. The van der Waals surface area contributed by atoms with Gasteiger partial charge in [0.2, 0.25) is 5.91 Å². The van der Waals surface area contributed by atoms with Crippen LogP contribution in [0.15, 0.2) is 35.2 Å². The van der Waals surface area contributed by atoms with E-state index in [0.29, 0.717) is 37.4 Å². The lowest BCUT2D eigenvalue weighted by Crippen LogP contribution is -2.34. The molecule has 0 atom stereocenters. The summed E-state index contributed by atoms with van der Waals surface area (Å²) in [5.41, 5.74) is 3.21. The molecule has 1 N–H and O–H groups in total. The van der Waals surface area contributed by atoms with Gasteiger partial charge < -0.3 is 15.0 Å². The SMILES string of the molecule is O=C(NCCCN1CCCCCC1=O)c1cccc(OCc2cscn2)c1. The Kier molecular flexibility index (Phi) is 7.21. The molecule has 0 unspecified atom stereocenters. The number of thiazole rings is 1. The number of amides is 2. The lowest BCUT2D eigenvalue weighted by atomic mass is 10.2. The van der Waals surface area contributed by atoms with Crippen LogP contribution in [0.1, 0.15) is 48.2 Å². The quantitative estimate of drug-likeness (QED) is 0.706. The van der Waals surface area contributed by atoms with Crippen LogP contribution in [0.2, 0.25) is 0 Å². The van der Waals surface area contributed by atoms with Crippen LogP contribution in [0.25, 0.3) is 0 Å². The van der Waals surface area contributed by atoms with E-state index in [0.717, 1.165) is 37.9 Å². The lowest BCUT2D eigenvalue weighted by Gasteiger charge is -2.20. The average Bonchev–Trinajstić information content (AvgIpc) is 3.13. The highest BCUT2D eigenvalue weighted by Gasteiger charge is 2.16. The van der Waals surface area contributed by atoms with Crippen LogP contribution < -0.4 is 10.1 Å². The molecule has 1 aromatic heterocycles. The second-order valence-electron chi connectivity index (χ2n) is 6.60. The molecular formula is C20H25N3O3S. The molecule has 1 aliphatic heterocycles. The van der Waals surface area contributed by atoms with E-state index in [-0.39, 0.29) is 11.8 Å². The number of hydrogen-bond donors (Lipinski definition) is 1. The summed E-state index contributed by atoms with van der Waals surface area (Å²) in [4.78, 5) is 30.4. The third-order valence-electron chi connectivity index (χ3n) is 4.53. The van der Waals surface area contributed by atoms with Crippen LogP contribution in [-0.4, -0.2) is 41.3 Å². The Balaban J connectivity index is 1.42. The molecule has 27 heavy (non-hydrogen) atoms. The third kappa shape index (κ3) is 6.06. The first-order valence-corrected chi connectivity index (χ1v) is 10.3. The molecule has 144 valence electrons. The van der Waals surface area contributed by atoms with Crippen LogP contribution in [0, 0.1) is 0 Å². The molecule has 0 aliphatic carbocycles. The van der Waals surface area contributed by atoms with E-state index >= 15 is 0 Å². The van der Waals surface area contributed by atoms with Gasteiger partial charge in [-0.1, -0.05) is 12.5 Å². The highest BCUT2D eigenvalue weighted by molar-refractivity contribution is 7.07. The fourth-order valence-electron chi connectivity index (χ4n) is 3.04. The Morgan fingerprint density at radius 1 is 1.30 bits per heavy atom. The predicted molar refractivity (Wildman–Crippen MR) is 105 cm³/mol. The summed E-state index contributed by atoms with van der Waals surface area (Å²) >= 11 is 1.53. The summed E-state index contributed by atoms with van der Waals surface area (Å²) in [6.45, 7) is 2.48. The summed E-state index contributed by atoms with van der Waals surface area (Å²) in [5, 5.41) is 4.86. The van der Waals surface area contributed by atoms with Gasteiger partial charge in [-0.15, -0.1) is 11.3 Å². The van der Waals surface area contributed by atoms with Crippen molar-refractivity contribution in [3.05, 3.63) is 46.4 Å². The summed E-state index contributed by atoms with van der Waals surface area (Å²) in [6, 6.07) is 7.14. The van der Waals surface area contributed by atoms with Crippen LogP contribution >= 0.6 is 11.3 Å². The minimum Gasteiger partial charge on any atom is -0.487 e. The topological polar surface area (TPSA) is 71.5 Å². The van der Waals surface area contributed by atoms with E-state index in [1.165, 1.54) is 11.3 Å². The molecule has 1 aliphatic rings. The van der Waals surface area contributed by atoms with Gasteiger partial charge in [0.1, 0.15) is 12.4 Å². The number of nitrogens with zero attached hydrogens (tertiary/aromatic N) is 2. The van der Waals surface area contributed by atoms with Crippen molar-refractivity contribution in [1.29, 1.82) is 0 Å². The van der Waals surface area contributed by atoms with Crippen molar-refractivity contribution < 1.29 is 14.3 Å². The third-order valence-corrected chi connectivity index (χ3v) is 5.16. The minimum atomic E-state index is -0.128. The molecule has 3 rings (SSSR count). The molecule has 0 saturated carbocycles. The van der Waals surface area contributed by atoms with Gasteiger partial charge in [0.15, 0.2) is 0 Å². The van der Waals surface area contributed by atoms with E-state index in [9.17, 15) is 9.59 Å². The number of hydrogen-bond acceptors (Lipinski definition) is 5. The van der Waals surface area contributed by atoms with Crippen LogP contribution in [0.5, 0.6) is 5.75 Å². The highest BCUT2D eigenvalue weighted by Crippen LogP contribution is 2.15. The summed E-state index contributed by atoms with van der Waals surface area (Å²) < 4.78 is 5.69. The number of likely N-dealkylation sites (tertiary alicyclic amines) is 1. The van der Waals surface area contributed by atoms with Gasteiger partial charge in [-0.2, -0.15) is 0 Å². The number of aromatic nitrogens is 1. The second kappa shape index (κ2) is 10.1. The first-order valence-electron chi connectivity index (χ1n) is 9.38. The van der Waals surface area contributed by atoms with E-state index < -0.39 is 0 Å². The zero-order valence-electron chi connectivity index (χ0n) is 15.4. The zero-order valence-corrected chi connectivity index (χ0v) is 16.2. The maximum atomic E-state index is 12.3. The maximum absolute atomic E-state index is 12.3. The molecular weight excluding hydrogens is 362 g/mol. The first kappa shape index (κ1) is 19.4. The molecule has 0 spiro atoms. The fourth-order valence-corrected chi connectivity index (χ4v) is 3.59. The zero-order chi connectivity index (χ0) is 18.9. The Labute approximate surface area is 163 Å². The van der Waals surface area contributed by atoms with Crippen LogP contribution in [0.3, 0.4) is 0 Å². The average molecular weight is 388 g/mol. The number of ether oxygens (including phenoxy) is 1. The van der Waals surface area contributed by atoms with Crippen molar-refractivity contribution in [3.8, 4) is 5.75 Å². The molecule has 1 aromatic carbocycles. The van der Waals surface area contributed by atoms with Gasteiger partial charge in [0.25, 0.3) is 5.91 Å². The van der Waals surface area contributed by atoms with Crippen molar-refractivity contribution >= 4 is 23.2 Å². The molecule has 6 nitrogen and oxygen atoms in total. The Hall–Kier alpha value is -2.41. The molecule has 2 heterocycles. The molecule has 2 amide bonds. The van der Waals surface area contributed by atoms with E-state index in [1.54, 1.807) is 23.7 Å². The molecule has 1 saturated heterocycles. The number of nitrogens with one attached hydrogen (secondary N) is 1. The molecule has 2 aromatic rings. The normalized spacial score (nSPS) is 14.7. The van der Waals surface area contributed by atoms with Crippen molar-refractivity contribution in [2.75, 3.05) is 19.6 Å². The van der Waals surface area contributed by atoms with E-state index in [2.05, 4.69) is 10.3 Å². The molecule has 7 heteroatoms. The van der Waals surface area contributed by atoms with Gasteiger partial charge in [0, 0.05) is 37.0 Å². The first-order chi connectivity index (χ1) is 13.2. The van der Waals surface area contributed by atoms with Crippen molar-refractivity contribution in [3.63, 3.8) is 0 Å². The molecule has 1 fully saturated rings. The second-order valence-corrected chi connectivity index (χ2v) is 7.32. The highest BCUT2D eigenvalue weighted by atomic mass is 32.1. The van der Waals surface area contributed by atoms with E-state index in [4.69, 9.17) is 4.74 Å². The Morgan fingerprint density at radius 3 is 3.07 bits per heavy atom. The van der Waals surface area contributed by atoms with Crippen molar-refractivity contribution in [2.45, 2.75) is 38.7 Å². The van der Waals surface area contributed by atoms with Gasteiger partial charge in [-0.25, -0.2) is 4.98 Å². The monoisotopic (exact) mass is 387 g/mol. The number of rotatable bonds is 8. The van der Waals surface area contributed by atoms with Crippen LogP contribution in [0.4, 0.5) is 0 Å². The van der Waals surface area contributed by atoms with Gasteiger partial charge >= 0.3 is 0 Å². The van der Waals surface area contributed by atoms with Gasteiger partial charge in [0.05, 0.1) is 11.2 Å². The standard InChI is InChI=1S/C20H25N3O3S/c24-19-8-2-1-3-10-23(19)11-5-9-21-20(25)16-6-4-7-18(12-16)26-13-17-14-27-15-22-17/h4,6-7,12,14-15H,1-3,5,8-11,13H2,(H,21,25). The smallest absolute Gasteiger partial charge is 0.251 e. The Morgan fingerprint density at radius 2 is 2.22 bits per heavy atom. The maximum Gasteiger partial charge on any atom is 0.251 e. The van der Waals surface area contributed by atoms with Gasteiger partial charge in [-0.3, -0.25) is 9.59 Å². The largest absolute Gasteiger partial charge is 0.487 e. The van der Waals surface area contributed by atoms with Gasteiger partial charge in [-0.05, 0) is 37.5 Å². The molecule has 0 radical (unpaired) electrons. The number of benzene rings is 1. The molecule has 0 bridgehead atoms. The van der Waals surface area contributed by atoms with E-state index in [1.807, 2.05) is 16.3 Å². The van der Waals surface area contributed by atoms with Crippen molar-refractivity contribution in [2.24, 2.45) is 0 Å². The number of carbonyl (C=O) groups excluding carboxylic acids is 2. The number of carbonyl (C=O) groups is 2. The lowest BCUT2D eigenvalue weighted by molar-refractivity contribution is -0.130. The summed E-state index contributed by atoms with van der Waals surface area (Å²) in [5.74, 6) is 0.755. The minimum absolute atomic E-state index is 0.128. The summed E-state index contributed by atoms with van der Waals surface area (Å²) in [7, 11) is 0.